The number of nitrogens with one attached hydrogen (secondary N) is 1. The molecule has 2 nitrogen and oxygen atoms in total. The van der Waals surface area contributed by atoms with Crippen LogP contribution < -0.4 is 10.1 Å². The van der Waals surface area contributed by atoms with Crippen LogP contribution in [-0.2, 0) is 6.54 Å². The molecule has 0 saturated carbocycles. The molecule has 0 heterocycles. The van der Waals surface area contributed by atoms with Gasteiger partial charge in [-0.1, -0.05) is 18.2 Å². The first-order valence-corrected chi connectivity index (χ1v) is 6.83. The molecule has 0 bridgehead atoms. The van der Waals surface area contributed by atoms with Gasteiger partial charge in [0.1, 0.15) is 11.6 Å². The maximum absolute atomic E-state index is 13.3. The third kappa shape index (κ3) is 3.29. The molecule has 1 N–H and O–H groups in total. The third-order valence-electron chi connectivity index (χ3n) is 3.34. The minimum absolute atomic E-state index is 0.286. The predicted octanol–water partition coefficient (Wildman–Crippen LogP) is 4.45. The van der Waals surface area contributed by atoms with Crippen molar-refractivity contribution in [2.45, 2.75) is 27.3 Å². The number of hydrogen-bond donors (Lipinski definition) is 1. The molecule has 20 heavy (non-hydrogen) atoms. The average Bonchev–Trinajstić information content (AvgIpc) is 2.40. The number of aryl methyl sites for hydroxylation is 2. The second-order valence-corrected chi connectivity index (χ2v) is 4.80. The summed E-state index contributed by atoms with van der Waals surface area (Å²) in [5.41, 5.74) is 4.57. The van der Waals surface area contributed by atoms with Crippen LogP contribution in [0.4, 0.5) is 10.1 Å². The zero-order chi connectivity index (χ0) is 14.5. The van der Waals surface area contributed by atoms with E-state index in [0.717, 1.165) is 5.69 Å². The van der Waals surface area contributed by atoms with Crippen LogP contribution in [-0.4, -0.2) is 6.61 Å². The number of benzene rings is 2. The molecule has 0 fully saturated rings. The summed E-state index contributed by atoms with van der Waals surface area (Å²) in [7, 11) is 0. The largest absolute Gasteiger partial charge is 0.492 e. The van der Waals surface area contributed by atoms with E-state index in [2.05, 4.69) is 37.4 Å². The van der Waals surface area contributed by atoms with E-state index in [1.165, 1.54) is 28.8 Å². The number of anilines is 1. The van der Waals surface area contributed by atoms with E-state index in [9.17, 15) is 4.39 Å². The SMILES string of the molecule is CCOc1cc(F)ccc1NCc1c(C)cccc1C. The van der Waals surface area contributed by atoms with Crippen LogP contribution in [0.1, 0.15) is 23.6 Å². The molecule has 0 atom stereocenters. The summed E-state index contributed by atoms with van der Waals surface area (Å²) >= 11 is 0. The molecule has 0 unspecified atom stereocenters. The van der Waals surface area contributed by atoms with Gasteiger partial charge in [0, 0.05) is 12.6 Å². The van der Waals surface area contributed by atoms with Gasteiger partial charge in [0.2, 0.25) is 0 Å². The lowest BCUT2D eigenvalue weighted by atomic mass is 10.0. The van der Waals surface area contributed by atoms with Crippen LogP contribution in [0, 0.1) is 19.7 Å². The quantitative estimate of drug-likeness (QED) is 0.868. The highest BCUT2D eigenvalue weighted by Gasteiger charge is 2.07. The van der Waals surface area contributed by atoms with Crippen LogP contribution in [0.3, 0.4) is 0 Å². The Kier molecular flexibility index (Phi) is 4.61. The molecular formula is C17H20FNO. The van der Waals surface area contributed by atoms with E-state index in [1.54, 1.807) is 6.07 Å². The Bertz CT molecular complexity index is 575. The van der Waals surface area contributed by atoms with E-state index in [0.29, 0.717) is 18.9 Å². The van der Waals surface area contributed by atoms with Gasteiger partial charge in [0.15, 0.2) is 0 Å². The topological polar surface area (TPSA) is 21.3 Å². The van der Waals surface area contributed by atoms with Gasteiger partial charge in [-0.05, 0) is 49.6 Å². The minimum atomic E-state index is -0.286. The molecule has 0 aliphatic carbocycles. The van der Waals surface area contributed by atoms with Crippen molar-refractivity contribution >= 4 is 5.69 Å². The molecule has 106 valence electrons. The summed E-state index contributed by atoms with van der Waals surface area (Å²) in [6, 6.07) is 10.8. The number of hydrogen-bond acceptors (Lipinski definition) is 2. The van der Waals surface area contributed by atoms with Crippen molar-refractivity contribution in [3.8, 4) is 5.75 Å². The zero-order valence-corrected chi connectivity index (χ0v) is 12.2. The van der Waals surface area contributed by atoms with Crippen molar-refractivity contribution in [2.24, 2.45) is 0 Å². The molecule has 3 heteroatoms. The first-order valence-electron chi connectivity index (χ1n) is 6.83. The maximum atomic E-state index is 13.3. The maximum Gasteiger partial charge on any atom is 0.145 e. The van der Waals surface area contributed by atoms with E-state index in [-0.39, 0.29) is 5.82 Å². The molecule has 0 aromatic heterocycles. The highest BCUT2D eigenvalue weighted by atomic mass is 19.1. The van der Waals surface area contributed by atoms with Gasteiger partial charge in [-0.3, -0.25) is 0 Å². The van der Waals surface area contributed by atoms with Crippen molar-refractivity contribution in [1.29, 1.82) is 0 Å². The Balaban J connectivity index is 2.18. The fraction of sp³-hybridized carbons (Fsp3) is 0.294. The van der Waals surface area contributed by atoms with Gasteiger partial charge >= 0.3 is 0 Å². The highest BCUT2D eigenvalue weighted by molar-refractivity contribution is 5.57. The average molecular weight is 273 g/mol. The lowest BCUT2D eigenvalue weighted by Crippen LogP contribution is -2.05. The third-order valence-corrected chi connectivity index (χ3v) is 3.34. The monoisotopic (exact) mass is 273 g/mol. The van der Waals surface area contributed by atoms with Gasteiger partial charge in [0.05, 0.1) is 12.3 Å². The Morgan fingerprint density at radius 3 is 2.45 bits per heavy atom. The molecule has 2 rings (SSSR count). The highest BCUT2D eigenvalue weighted by Crippen LogP contribution is 2.26. The van der Waals surface area contributed by atoms with Gasteiger partial charge in [-0.25, -0.2) is 4.39 Å². The van der Waals surface area contributed by atoms with Crippen molar-refractivity contribution < 1.29 is 9.13 Å². The molecule has 0 aliphatic heterocycles. The minimum Gasteiger partial charge on any atom is -0.492 e. The number of ether oxygens (including phenoxy) is 1. The molecule has 0 aliphatic rings. The van der Waals surface area contributed by atoms with Crippen molar-refractivity contribution in [3.05, 3.63) is 58.9 Å². The summed E-state index contributed by atoms with van der Waals surface area (Å²) < 4.78 is 18.7. The second-order valence-electron chi connectivity index (χ2n) is 4.80. The lowest BCUT2D eigenvalue weighted by Gasteiger charge is -2.15. The van der Waals surface area contributed by atoms with Gasteiger partial charge in [-0.2, -0.15) is 0 Å². The van der Waals surface area contributed by atoms with Gasteiger partial charge < -0.3 is 10.1 Å². The summed E-state index contributed by atoms with van der Waals surface area (Å²) in [6.07, 6.45) is 0. The van der Waals surface area contributed by atoms with Crippen molar-refractivity contribution in [1.82, 2.24) is 0 Å². The van der Waals surface area contributed by atoms with E-state index < -0.39 is 0 Å². The summed E-state index contributed by atoms with van der Waals surface area (Å²) in [5.74, 6) is 0.268. The first kappa shape index (κ1) is 14.4. The number of halogens is 1. The number of rotatable bonds is 5. The normalized spacial score (nSPS) is 10.4. The molecule has 0 saturated heterocycles. The molecule has 0 amide bonds. The van der Waals surface area contributed by atoms with Crippen LogP contribution in [0.5, 0.6) is 5.75 Å². The Morgan fingerprint density at radius 2 is 1.80 bits per heavy atom. The molecular weight excluding hydrogens is 253 g/mol. The van der Waals surface area contributed by atoms with Crippen LogP contribution in [0.15, 0.2) is 36.4 Å². The Hall–Kier alpha value is -2.03. The predicted molar refractivity (Wildman–Crippen MR) is 80.8 cm³/mol. The van der Waals surface area contributed by atoms with Crippen LogP contribution >= 0.6 is 0 Å². The summed E-state index contributed by atoms with van der Waals surface area (Å²) in [6.45, 7) is 7.29. The van der Waals surface area contributed by atoms with Crippen LogP contribution in [0.25, 0.3) is 0 Å². The Morgan fingerprint density at radius 1 is 1.10 bits per heavy atom. The smallest absolute Gasteiger partial charge is 0.145 e. The first-order chi connectivity index (χ1) is 9.61. The van der Waals surface area contributed by atoms with E-state index >= 15 is 0 Å². The van der Waals surface area contributed by atoms with E-state index in [1.807, 2.05) is 6.92 Å². The fourth-order valence-electron chi connectivity index (χ4n) is 2.23. The molecule has 2 aromatic carbocycles. The van der Waals surface area contributed by atoms with Crippen molar-refractivity contribution in [3.63, 3.8) is 0 Å². The zero-order valence-electron chi connectivity index (χ0n) is 12.2. The Labute approximate surface area is 119 Å². The fourth-order valence-corrected chi connectivity index (χ4v) is 2.23. The molecule has 2 aromatic rings. The molecule has 0 radical (unpaired) electrons. The van der Waals surface area contributed by atoms with Gasteiger partial charge in [0.25, 0.3) is 0 Å². The van der Waals surface area contributed by atoms with E-state index in [4.69, 9.17) is 4.74 Å². The van der Waals surface area contributed by atoms with Crippen LogP contribution in [0.2, 0.25) is 0 Å². The molecule has 0 spiro atoms. The lowest BCUT2D eigenvalue weighted by molar-refractivity contribution is 0.339. The van der Waals surface area contributed by atoms with Crippen molar-refractivity contribution in [2.75, 3.05) is 11.9 Å². The summed E-state index contributed by atoms with van der Waals surface area (Å²) in [4.78, 5) is 0. The standard InChI is InChI=1S/C17H20FNO/c1-4-20-17-10-14(18)8-9-16(17)19-11-15-12(2)6-5-7-13(15)3/h5-10,19H,4,11H2,1-3H3. The summed E-state index contributed by atoms with van der Waals surface area (Å²) in [5, 5.41) is 3.33. The second kappa shape index (κ2) is 6.42. The van der Waals surface area contributed by atoms with Gasteiger partial charge in [-0.15, -0.1) is 0 Å².